The van der Waals surface area contributed by atoms with Crippen LogP contribution in [0.4, 0.5) is 5.69 Å². The topological polar surface area (TPSA) is 26.8 Å². The molecule has 0 N–H and O–H groups in total. The largest absolute Gasteiger partial charge is 0.372 e. The Morgan fingerprint density at radius 1 is 1.00 bits per heavy atom. The molecule has 2 saturated heterocycles. The molecule has 23 heavy (non-hydrogen) atoms. The minimum atomic E-state index is 0.247. The predicted octanol–water partition coefficient (Wildman–Crippen LogP) is 2.51. The van der Waals surface area contributed by atoms with Crippen molar-refractivity contribution in [3.05, 3.63) is 42.5 Å². The van der Waals surface area contributed by atoms with Crippen LogP contribution in [0.25, 0.3) is 0 Å². The standard InChI is InChI=1S/C19H27N3O/c1-2-10-22-15-14-20(13-9-19(22)23)16-17-5-7-18(8-6-17)21-11-3-4-12-21/h2,5-8H,1,3-4,9-16H2. The molecular weight excluding hydrogens is 286 g/mol. The molecule has 1 aromatic rings. The molecule has 1 amide bonds. The summed E-state index contributed by atoms with van der Waals surface area (Å²) in [7, 11) is 0. The lowest BCUT2D eigenvalue weighted by Crippen LogP contribution is -2.33. The van der Waals surface area contributed by atoms with Gasteiger partial charge >= 0.3 is 0 Å². The first-order valence-electron chi connectivity index (χ1n) is 8.71. The van der Waals surface area contributed by atoms with E-state index in [1.54, 1.807) is 0 Å². The summed E-state index contributed by atoms with van der Waals surface area (Å²) >= 11 is 0. The van der Waals surface area contributed by atoms with E-state index in [1.165, 1.54) is 37.2 Å². The monoisotopic (exact) mass is 313 g/mol. The number of carbonyl (C=O) groups is 1. The van der Waals surface area contributed by atoms with Gasteiger partial charge in [0.25, 0.3) is 0 Å². The quantitative estimate of drug-likeness (QED) is 0.782. The number of nitrogens with zero attached hydrogens (tertiary/aromatic N) is 3. The average Bonchev–Trinajstić information content (AvgIpc) is 3.05. The molecule has 3 rings (SSSR count). The van der Waals surface area contributed by atoms with E-state index in [1.807, 2.05) is 11.0 Å². The molecule has 1 aromatic carbocycles. The molecule has 4 heteroatoms. The average molecular weight is 313 g/mol. The van der Waals surface area contributed by atoms with Gasteiger partial charge in [0, 0.05) is 57.9 Å². The molecule has 2 aliphatic rings. The maximum absolute atomic E-state index is 12.0. The van der Waals surface area contributed by atoms with Crippen molar-refractivity contribution in [2.75, 3.05) is 44.2 Å². The van der Waals surface area contributed by atoms with E-state index < -0.39 is 0 Å². The van der Waals surface area contributed by atoms with E-state index in [0.717, 1.165) is 26.2 Å². The molecular formula is C19H27N3O. The van der Waals surface area contributed by atoms with Gasteiger partial charge in [0.2, 0.25) is 5.91 Å². The van der Waals surface area contributed by atoms with Crippen LogP contribution < -0.4 is 4.90 Å². The van der Waals surface area contributed by atoms with Crippen molar-refractivity contribution in [1.29, 1.82) is 0 Å². The fourth-order valence-electron chi connectivity index (χ4n) is 3.46. The van der Waals surface area contributed by atoms with Gasteiger partial charge in [-0.25, -0.2) is 0 Å². The summed E-state index contributed by atoms with van der Waals surface area (Å²) in [5, 5.41) is 0. The highest BCUT2D eigenvalue weighted by molar-refractivity contribution is 5.76. The highest BCUT2D eigenvalue weighted by Crippen LogP contribution is 2.21. The summed E-state index contributed by atoms with van der Waals surface area (Å²) in [6.07, 6.45) is 5.04. The summed E-state index contributed by atoms with van der Waals surface area (Å²) in [6.45, 7) is 10.3. The van der Waals surface area contributed by atoms with Gasteiger partial charge in [0.15, 0.2) is 0 Å². The number of hydrogen-bond donors (Lipinski definition) is 0. The highest BCUT2D eigenvalue weighted by atomic mass is 16.2. The van der Waals surface area contributed by atoms with Gasteiger partial charge < -0.3 is 9.80 Å². The Labute approximate surface area is 139 Å². The van der Waals surface area contributed by atoms with E-state index in [4.69, 9.17) is 0 Å². The summed E-state index contributed by atoms with van der Waals surface area (Å²) < 4.78 is 0. The fraction of sp³-hybridized carbons (Fsp3) is 0.526. The zero-order valence-electron chi connectivity index (χ0n) is 13.9. The summed E-state index contributed by atoms with van der Waals surface area (Å²) in [6, 6.07) is 8.96. The Bertz CT molecular complexity index is 534. The second kappa shape index (κ2) is 7.64. The van der Waals surface area contributed by atoms with Crippen LogP contribution in [-0.4, -0.2) is 55.0 Å². The number of benzene rings is 1. The third-order valence-corrected chi connectivity index (χ3v) is 4.84. The Morgan fingerprint density at radius 2 is 1.74 bits per heavy atom. The van der Waals surface area contributed by atoms with Crippen LogP contribution in [0.2, 0.25) is 0 Å². The maximum atomic E-state index is 12.0. The third-order valence-electron chi connectivity index (χ3n) is 4.84. The molecule has 0 bridgehead atoms. The molecule has 0 radical (unpaired) electrons. The van der Waals surface area contributed by atoms with Crippen LogP contribution in [0.1, 0.15) is 24.8 Å². The summed E-state index contributed by atoms with van der Waals surface area (Å²) in [5.41, 5.74) is 2.67. The Hall–Kier alpha value is -1.81. The lowest BCUT2D eigenvalue weighted by Gasteiger charge is -2.22. The van der Waals surface area contributed by atoms with E-state index in [-0.39, 0.29) is 5.91 Å². The Balaban J connectivity index is 1.56. The SMILES string of the molecule is C=CCN1CCN(Cc2ccc(N3CCCC3)cc2)CCC1=O. The molecule has 0 aromatic heterocycles. The number of carbonyl (C=O) groups excluding carboxylic acids is 1. The van der Waals surface area contributed by atoms with Gasteiger partial charge in [-0.3, -0.25) is 9.69 Å². The van der Waals surface area contributed by atoms with Crippen molar-refractivity contribution in [1.82, 2.24) is 9.80 Å². The minimum Gasteiger partial charge on any atom is -0.372 e. The first-order chi connectivity index (χ1) is 11.3. The highest BCUT2D eigenvalue weighted by Gasteiger charge is 2.20. The van der Waals surface area contributed by atoms with Gasteiger partial charge in [-0.1, -0.05) is 18.2 Å². The Morgan fingerprint density at radius 3 is 2.43 bits per heavy atom. The van der Waals surface area contributed by atoms with Gasteiger partial charge in [-0.15, -0.1) is 6.58 Å². The van der Waals surface area contributed by atoms with E-state index >= 15 is 0 Å². The number of anilines is 1. The van der Waals surface area contributed by atoms with Crippen LogP contribution in [0.3, 0.4) is 0 Å². The molecule has 124 valence electrons. The zero-order chi connectivity index (χ0) is 16.1. The van der Waals surface area contributed by atoms with Crippen molar-refractivity contribution in [2.24, 2.45) is 0 Å². The van der Waals surface area contributed by atoms with Crippen molar-refractivity contribution in [2.45, 2.75) is 25.8 Å². The third kappa shape index (κ3) is 4.14. The van der Waals surface area contributed by atoms with Crippen LogP contribution in [0, 0.1) is 0 Å². The number of hydrogen-bond acceptors (Lipinski definition) is 3. The van der Waals surface area contributed by atoms with Crippen molar-refractivity contribution < 1.29 is 4.79 Å². The van der Waals surface area contributed by atoms with E-state index in [2.05, 4.69) is 40.6 Å². The van der Waals surface area contributed by atoms with Crippen LogP contribution in [0.5, 0.6) is 0 Å². The zero-order valence-corrected chi connectivity index (χ0v) is 13.9. The van der Waals surface area contributed by atoms with Gasteiger partial charge in [0.1, 0.15) is 0 Å². The second-order valence-electron chi connectivity index (χ2n) is 6.52. The first kappa shape index (κ1) is 16.1. The molecule has 4 nitrogen and oxygen atoms in total. The van der Waals surface area contributed by atoms with Crippen LogP contribution >= 0.6 is 0 Å². The molecule has 2 fully saturated rings. The normalized spacial score (nSPS) is 19.9. The molecule has 2 heterocycles. The molecule has 0 unspecified atom stereocenters. The van der Waals surface area contributed by atoms with E-state index in [0.29, 0.717) is 13.0 Å². The van der Waals surface area contributed by atoms with Crippen molar-refractivity contribution in [3.8, 4) is 0 Å². The number of rotatable bonds is 5. The molecule has 0 aliphatic carbocycles. The van der Waals surface area contributed by atoms with Gasteiger partial charge in [-0.05, 0) is 30.5 Å². The van der Waals surface area contributed by atoms with Gasteiger partial charge in [-0.2, -0.15) is 0 Å². The lowest BCUT2D eigenvalue weighted by atomic mass is 10.2. The maximum Gasteiger partial charge on any atom is 0.224 e. The van der Waals surface area contributed by atoms with Crippen LogP contribution in [-0.2, 0) is 11.3 Å². The summed E-state index contributed by atoms with van der Waals surface area (Å²) in [5.74, 6) is 0.247. The van der Waals surface area contributed by atoms with Crippen LogP contribution in [0.15, 0.2) is 36.9 Å². The predicted molar refractivity (Wildman–Crippen MR) is 94.6 cm³/mol. The first-order valence-corrected chi connectivity index (χ1v) is 8.71. The fourth-order valence-corrected chi connectivity index (χ4v) is 3.46. The molecule has 0 atom stereocenters. The minimum absolute atomic E-state index is 0.247. The van der Waals surface area contributed by atoms with Gasteiger partial charge in [0.05, 0.1) is 0 Å². The lowest BCUT2D eigenvalue weighted by molar-refractivity contribution is -0.129. The van der Waals surface area contributed by atoms with Crippen molar-refractivity contribution >= 4 is 11.6 Å². The summed E-state index contributed by atoms with van der Waals surface area (Å²) in [4.78, 5) is 18.8. The Kier molecular flexibility index (Phi) is 5.34. The smallest absolute Gasteiger partial charge is 0.224 e. The molecule has 0 spiro atoms. The molecule has 2 aliphatic heterocycles. The van der Waals surface area contributed by atoms with E-state index in [9.17, 15) is 4.79 Å². The van der Waals surface area contributed by atoms with Crippen molar-refractivity contribution in [3.63, 3.8) is 0 Å². The molecule has 0 saturated carbocycles. The second-order valence-corrected chi connectivity index (χ2v) is 6.52. The number of amides is 1.